The quantitative estimate of drug-likeness (QED) is 0.931. The van der Waals surface area contributed by atoms with Crippen molar-refractivity contribution in [2.45, 2.75) is 18.7 Å². The minimum absolute atomic E-state index is 0.277. The van der Waals surface area contributed by atoms with Crippen LogP contribution in [0.2, 0.25) is 0 Å². The number of halogens is 3. The summed E-state index contributed by atoms with van der Waals surface area (Å²) in [6, 6.07) is 9.18. The van der Waals surface area contributed by atoms with E-state index in [2.05, 4.69) is 4.98 Å². The number of hydrogen-bond acceptors (Lipinski definition) is 3. The molecule has 0 unspecified atom stereocenters. The van der Waals surface area contributed by atoms with Crippen LogP contribution in [0.3, 0.4) is 0 Å². The van der Waals surface area contributed by atoms with Crippen molar-refractivity contribution < 1.29 is 18.3 Å². The van der Waals surface area contributed by atoms with Crippen molar-refractivity contribution in [3.63, 3.8) is 0 Å². The van der Waals surface area contributed by atoms with E-state index in [0.29, 0.717) is 5.69 Å². The normalized spacial score (nSPS) is 13.6. The lowest BCUT2D eigenvalue weighted by Crippen LogP contribution is -2.30. The third-order valence-electron chi connectivity index (χ3n) is 2.37. The van der Waals surface area contributed by atoms with Gasteiger partial charge in [-0.15, -0.1) is 11.3 Å². The van der Waals surface area contributed by atoms with E-state index in [0.717, 1.165) is 16.9 Å². The summed E-state index contributed by atoms with van der Waals surface area (Å²) in [7, 11) is 0. The fourth-order valence-electron chi connectivity index (χ4n) is 1.43. The fourth-order valence-corrected chi connectivity index (χ4v) is 2.27. The molecule has 2 aromatic rings. The summed E-state index contributed by atoms with van der Waals surface area (Å²) in [6.45, 7) is 0. The fraction of sp³-hybridized carbons (Fsp3) is 0.250. The first-order valence-electron chi connectivity index (χ1n) is 5.21. The van der Waals surface area contributed by atoms with Gasteiger partial charge in [0.15, 0.2) is 6.10 Å². The molecule has 2 nitrogen and oxygen atoms in total. The molecule has 0 saturated heterocycles. The van der Waals surface area contributed by atoms with Gasteiger partial charge in [0.1, 0.15) is 0 Å². The van der Waals surface area contributed by atoms with Gasteiger partial charge in [-0.05, 0) is 0 Å². The van der Waals surface area contributed by atoms with Crippen LogP contribution in [0.25, 0.3) is 11.3 Å². The number of rotatable bonds is 3. The van der Waals surface area contributed by atoms with E-state index >= 15 is 0 Å². The molecule has 2 rings (SSSR count). The predicted octanol–water partition coefficient (Wildman–Crippen LogP) is 3.28. The molecule has 0 spiro atoms. The van der Waals surface area contributed by atoms with Crippen LogP contribution in [0.4, 0.5) is 13.2 Å². The van der Waals surface area contributed by atoms with Gasteiger partial charge in [-0.25, -0.2) is 4.98 Å². The van der Waals surface area contributed by atoms with Crippen molar-refractivity contribution >= 4 is 11.3 Å². The number of alkyl halides is 3. The molecule has 96 valence electrons. The molecule has 1 N–H and O–H groups in total. The molecule has 0 aliphatic rings. The van der Waals surface area contributed by atoms with Crippen LogP contribution in [0.5, 0.6) is 0 Å². The number of aliphatic hydroxyl groups is 1. The number of hydrogen-bond donors (Lipinski definition) is 1. The van der Waals surface area contributed by atoms with Gasteiger partial charge in [-0.2, -0.15) is 13.2 Å². The predicted molar refractivity (Wildman–Crippen MR) is 63.3 cm³/mol. The SMILES string of the molecule is O[C@@H](Cc1nc(-c2ccccc2)cs1)C(F)(F)F. The van der Waals surface area contributed by atoms with Gasteiger partial charge in [-0.1, -0.05) is 30.3 Å². The van der Waals surface area contributed by atoms with Crippen molar-refractivity contribution in [1.82, 2.24) is 4.98 Å². The van der Waals surface area contributed by atoms with Gasteiger partial charge in [0.25, 0.3) is 0 Å². The Labute approximate surface area is 106 Å². The molecule has 1 atom stereocenters. The van der Waals surface area contributed by atoms with Gasteiger partial charge in [0, 0.05) is 17.4 Å². The van der Waals surface area contributed by atoms with Crippen LogP contribution in [0.15, 0.2) is 35.7 Å². The lowest BCUT2D eigenvalue weighted by atomic mass is 10.2. The highest BCUT2D eigenvalue weighted by Gasteiger charge is 2.38. The Morgan fingerprint density at radius 1 is 1.22 bits per heavy atom. The average molecular weight is 273 g/mol. The largest absolute Gasteiger partial charge is 0.414 e. The van der Waals surface area contributed by atoms with E-state index in [9.17, 15) is 13.2 Å². The minimum Gasteiger partial charge on any atom is -0.383 e. The summed E-state index contributed by atoms with van der Waals surface area (Å²) < 4.78 is 36.6. The van der Waals surface area contributed by atoms with E-state index in [1.807, 2.05) is 30.3 Å². The highest BCUT2D eigenvalue weighted by atomic mass is 32.1. The molecule has 0 fully saturated rings. The second-order valence-corrected chi connectivity index (χ2v) is 4.70. The van der Waals surface area contributed by atoms with E-state index in [1.54, 1.807) is 5.38 Å². The summed E-state index contributed by atoms with van der Waals surface area (Å²) in [4.78, 5) is 4.09. The molecule has 0 radical (unpaired) electrons. The summed E-state index contributed by atoms with van der Waals surface area (Å²) in [5.41, 5.74) is 1.48. The van der Waals surface area contributed by atoms with E-state index in [4.69, 9.17) is 5.11 Å². The van der Waals surface area contributed by atoms with Crippen molar-refractivity contribution in [3.05, 3.63) is 40.7 Å². The molecule has 0 amide bonds. The Bertz CT molecular complexity index is 510. The Morgan fingerprint density at radius 2 is 1.89 bits per heavy atom. The summed E-state index contributed by atoms with van der Waals surface area (Å²) >= 11 is 1.12. The third-order valence-corrected chi connectivity index (χ3v) is 3.24. The van der Waals surface area contributed by atoms with Crippen LogP contribution in [-0.4, -0.2) is 22.4 Å². The van der Waals surface area contributed by atoms with Crippen LogP contribution >= 0.6 is 11.3 Å². The zero-order valence-corrected chi connectivity index (χ0v) is 10.0. The minimum atomic E-state index is -4.60. The van der Waals surface area contributed by atoms with Gasteiger partial charge in [-0.3, -0.25) is 0 Å². The first-order chi connectivity index (χ1) is 8.47. The Morgan fingerprint density at radius 3 is 2.50 bits per heavy atom. The highest BCUT2D eigenvalue weighted by Crippen LogP contribution is 2.26. The molecular formula is C12H10F3NOS. The van der Waals surface area contributed by atoms with Crippen LogP contribution in [-0.2, 0) is 6.42 Å². The van der Waals surface area contributed by atoms with Gasteiger partial charge in [0.05, 0.1) is 10.7 Å². The maximum absolute atomic E-state index is 12.2. The number of aromatic nitrogens is 1. The number of aliphatic hydroxyl groups excluding tert-OH is 1. The van der Waals surface area contributed by atoms with Crippen LogP contribution < -0.4 is 0 Å². The van der Waals surface area contributed by atoms with E-state index in [1.165, 1.54) is 0 Å². The van der Waals surface area contributed by atoms with E-state index in [-0.39, 0.29) is 5.01 Å². The molecule has 0 bridgehead atoms. The Hall–Kier alpha value is -1.40. The molecular weight excluding hydrogens is 263 g/mol. The van der Waals surface area contributed by atoms with E-state index < -0.39 is 18.7 Å². The summed E-state index contributed by atoms with van der Waals surface area (Å²) in [5.74, 6) is 0. The molecule has 6 heteroatoms. The molecule has 1 heterocycles. The lowest BCUT2D eigenvalue weighted by Gasteiger charge is -2.12. The zero-order chi connectivity index (χ0) is 13.2. The first-order valence-corrected chi connectivity index (χ1v) is 6.09. The molecule has 0 aliphatic heterocycles. The Kier molecular flexibility index (Phi) is 3.68. The number of nitrogens with zero attached hydrogens (tertiary/aromatic N) is 1. The van der Waals surface area contributed by atoms with Crippen LogP contribution in [0, 0.1) is 0 Å². The van der Waals surface area contributed by atoms with Gasteiger partial charge in [0.2, 0.25) is 0 Å². The molecule has 18 heavy (non-hydrogen) atoms. The van der Waals surface area contributed by atoms with Crippen molar-refractivity contribution in [2.24, 2.45) is 0 Å². The average Bonchev–Trinajstić information content (AvgIpc) is 2.77. The maximum Gasteiger partial charge on any atom is 0.414 e. The third kappa shape index (κ3) is 3.08. The highest BCUT2D eigenvalue weighted by molar-refractivity contribution is 7.09. The summed E-state index contributed by atoms with van der Waals surface area (Å²) in [6.07, 6.45) is -7.45. The Balaban J connectivity index is 2.12. The monoisotopic (exact) mass is 273 g/mol. The summed E-state index contributed by atoms with van der Waals surface area (Å²) in [5, 5.41) is 10.9. The van der Waals surface area contributed by atoms with Crippen LogP contribution in [0.1, 0.15) is 5.01 Å². The van der Waals surface area contributed by atoms with Crippen molar-refractivity contribution in [3.8, 4) is 11.3 Å². The van der Waals surface area contributed by atoms with Crippen molar-refractivity contribution in [2.75, 3.05) is 0 Å². The standard InChI is InChI=1S/C12H10F3NOS/c13-12(14,15)10(17)6-11-16-9(7-18-11)8-4-2-1-3-5-8/h1-5,7,10,17H,6H2/t10-/m0/s1. The second-order valence-electron chi connectivity index (χ2n) is 3.75. The zero-order valence-electron chi connectivity index (χ0n) is 9.19. The molecule has 0 aliphatic carbocycles. The number of benzene rings is 1. The molecule has 1 aromatic heterocycles. The smallest absolute Gasteiger partial charge is 0.383 e. The van der Waals surface area contributed by atoms with Crippen molar-refractivity contribution in [1.29, 1.82) is 0 Å². The number of thiazole rings is 1. The lowest BCUT2D eigenvalue weighted by molar-refractivity contribution is -0.203. The molecule has 0 saturated carbocycles. The second kappa shape index (κ2) is 5.07. The van der Waals surface area contributed by atoms with Gasteiger partial charge < -0.3 is 5.11 Å². The maximum atomic E-state index is 12.2. The van der Waals surface area contributed by atoms with Gasteiger partial charge >= 0.3 is 6.18 Å². The first kappa shape index (κ1) is 13.0. The topological polar surface area (TPSA) is 33.1 Å². The molecule has 1 aromatic carbocycles.